The fraction of sp³-hybridized carbons (Fsp3) is 0. The number of carbonyl (C=O) groups excluding carboxylic acids is 1. The highest BCUT2D eigenvalue weighted by atomic mass is 79.9. The predicted molar refractivity (Wildman–Crippen MR) is 74.9 cm³/mol. The molecule has 0 aromatic heterocycles. The summed E-state index contributed by atoms with van der Waals surface area (Å²) < 4.78 is 6.11. The summed E-state index contributed by atoms with van der Waals surface area (Å²) in [4.78, 5) is 11.8. The Hall–Kier alpha value is -2.14. The van der Waals surface area contributed by atoms with Crippen LogP contribution in [-0.2, 0) is 0 Å². The zero-order valence-electron chi connectivity index (χ0n) is 9.79. The van der Waals surface area contributed by atoms with E-state index in [4.69, 9.17) is 9.94 Å². The number of benzene rings is 2. The third-order valence-electron chi connectivity index (χ3n) is 2.38. The van der Waals surface area contributed by atoms with E-state index in [2.05, 4.69) is 21.1 Å². The van der Waals surface area contributed by atoms with Gasteiger partial charge in [-0.1, -0.05) is 21.1 Å². The van der Waals surface area contributed by atoms with Crippen LogP contribution in [-0.4, -0.2) is 17.4 Å². The molecule has 0 spiro atoms. The van der Waals surface area contributed by atoms with Crippen LogP contribution < -0.4 is 4.74 Å². The van der Waals surface area contributed by atoms with Crippen molar-refractivity contribution in [2.24, 2.45) is 5.16 Å². The highest BCUT2D eigenvalue weighted by Crippen LogP contribution is 2.15. The first-order chi connectivity index (χ1) is 9.19. The summed E-state index contributed by atoms with van der Waals surface area (Å²) in [6.07, 6.45) is 1.29. The van der Waals surface area contributed by atoms with E-state index in [0.717, 1.165) is 4.47 Å². The first kappa shape index (κ1) is 13.3. The molecule has 0 aliphatic heterocycles. The van der Waals surface area contributed by atoms with Gasteiger partial charge in [0.05, 0.1) is 11.8 Å². The lowest BCUT2D eigenvalue weighted by molar-refractivity contribution is 0.0734. The Morgan fingerprint density at radius 3 is 2.32 bits per heavy atom. The molecule has 0 unspecified atom stereocenters. The Kier molecular flexibility index (Phi) is 4.30. The molecule has 2 aromatic rings. The van der Waals surface area contributed by atoms with E-state index in [9.17, 15) is 4.79 Å². The van der Waals surface area contributed by atoms with Gasteiger partial charge in [0.1, 0.15) is 5.75 Å². The summed E-state index contributed by atoms with van der Waals surface area (Å²) >= 11 is 3.30. The smallest absolute Gasteiger partial charge is 0.343 e. The maximum absolute atomic E-state index is 11.8. The summed E-state index contributed by atoms with van der Waals surface area (Å²) in [7, 11) is 0. The van der Waals surface area contributed by atoms with Gasteiger partial charge in [0.15, 0.2) is 0 Å². The van der Waals surface area contributed by atoms with Crippen LogP contribution in [0, 0.1) is 0 Å². The van der Waals surface area contributed by atoms with Crippen LogP contribution in [0.5, 0.6) is 5.75 Å². The monoisotopic (exact) mass is 319 g/mol. The second-order valence-corrected chi connectivity index (χ2v) is 4.63. The highest BCUT2D eigenvalue weighted by Gasteiger charge is 2.07. The van der Waals surface area contributed by atoms with E-state index in [-0.39, 0.29) is 0 Å². The summed E-state index contributed by atoms with van der Waals surface area (Å²) in [5.41, 5.74) is 1.19. The van der Waals surface area contributed by atoms with Gasteiger partial charge in [0.2, 0.25) is 0 Å². The number of esters is 1. The Bertz CT molecular complexity index is 591. The number of hydrogen-bond acceptors (Lipinski definition) is 4. The Labute approximate surface area is 118 Å². The molecule has 2 rings (SSSR count). The molecule has 1 N–H and O–H groups in total. The number of halogens is 1. The van der Waals surface area contributed by atoms with Crippen molar-refractivity contribution in [1.82, 2.24) is 0 Å². The van der Waals surface area contributed by atoms with E-state index < -0.39 is 5.97 Å². The Morgan fingerprint density at radius 1 is 1.11 bits per heavy atom. The fourth-order valence-electron chi connectivity index (χ4n) is 1.44. The van der Waals surface area contributed by atoms with Crippen molar-refractivity contribution in [3.63, 3.8) is 0 Å². The highest BCUT2D eigenvalue weighted by molar-refractivity contribution is 9.10. The summed E-state index contributed by atoms with van der Waals surface area (Å²) in [5, 5.41) is 11.3. The molecule has 0 radical (unpaired) electrons. The molecule has 2 aromatic carbocycles. The molecular formula is C14H10BrNO3. The van der Waals surface area contributed by atoms with Crippen molar-refractivity contribution in [3.8, 4) is 5.75 Å². The van der Waals surface area contributed by atoms with Gasteiger partial charge in [0, 0.05) is 4.47 Å². The number of ether oxygens (including phenoxy) is 1. The van der Waals surface area contributed by atoms with Gasteiger partial charge in [0.25, 0.3) is 0 Å². The van der Waals surface area contributed by atoms with Crippen LogP contribution in [0.3, 0.4) is 0 Å². The molecule has 0 saturated carbocycles. The maximum atomic E-state index is 11.8. The van der Waals surface area contributed by atoms with Crippen LogP contribution in [0.2, 0.25) is 0 Å². The zero-order chi connectivity index (χ0) is 13.7. The topological polar surface area (TPSA) is 58.9 Å². The summed E-state index contributed by atoms with van der Waals surface area (Å²) in [6, 6.07) is 13.5. The molecule has 19 heavy (non-hydrogen) atoms. The van der Waals surface area contributed by atoms with Crippen molar-refractivity contribution < 1.29 is 14.7 Å². The molecule has 5 heteroatoms. The predicted octanol–water partition coefficient (Wildman–Crippen LogP) is 3.48. The lowest BCUT2D eigenvalue weighted by Gasteiger charge is -2.04. The lowest BCUT2D eigenvalue weighted by Crippen LogP contribution is -2.08. The second-order valence-electron chi connectivity index (χ2n) is 3.71. The van der Waals surface area contributed by atoms with Gasteiger partial charge < -0.3 is 9.94 Å². The van der Waals surface area contributed by atoms with Gasteiger partial charge in [-0.25, -0.2) is 4.79 Å². The maximum Gasteiger partial charge on any atom is 0.343 e. The second kappa shape index (κ2) is 6.15. The van der Waals surface area contributed by atoms with E-state index in [0.29, 0.717) is 16.9 Å². The van der Waals surface area contributed by atoms with E-state index >= 15 is 0 Å². The van der Waals surface area contributed by atoms with Gasteiger partial charge >= 0.3 is 5.97 Å². The van der Waals surface area contributed by atoms with Crippen molar-refractivity contribution in [1.29, 1.82) is 0 Å². The molecule has 0 saturated heterocycles. The molecule has 4 nitrogen and oxygen atoms in total. The quantitative estimate of drug-likeness (QED) is 0.310. The first-order valence-electron chi connectivity index (χ1n) is 5.44. The zero-order valence-corrected chi connectivity index (χ0v) is 11.4. The number of hydrogen-bond donors (Lipinski definition) is 1. The van der Waals surface area contributed by atoms with Crippen molar-refractivity contribution in [2.45, 2.75) is 0 Å². The molecule has 0 fully saturated rings. The molecule has 0 aliphatic carbocycles. The third-order valence-corrected chi connectivity index (χ3v) is 2.91. The molecule has 0 heterocycles. The molecular weight excluding hydrogens is 310 g/mol. The van der Waals surface area contributed by atoms with E-state index in [1.807, 2.05) is 0 Å². The Morgan fingerprint density at radius 2 is 1.74 bits per heavy atom. The lowest BCUT2D eigenvalue weighted by atomic mass is 10.2. The molecule has 0 amide bonds. The Balaban J connectivity index is 2.08. The normalized spacial score (nSPS) is 10.6. The minimum atomic E-state index is -0.420. The number of nitrogens with zero attached hydrogens (tertiary/aromatic N) is 1. The minimum Gasteiger partial charge on any atom is -0.423 e. The SMILES string of the molecule is O=C(Oc1ccc(/C=N\O)cc1)c1ccc(Br)cc1. The van der Waals surface area contributed by atoms with Crippen LogP contribution in [0.1, 0.15) is 15.9 Å². The number of rotatable bonds is 3. The van der Waals surface area contributed by atoms with Gasteiger partial charge in [-0.05, 0) is 54.1 Å². The summed E-state index contributed by atoms with van der Waals surface area (Å²) in [6.45, 7) is 0. The van der Waals surface area contributed by atoms with Gasteiger partial charge in [-0.2, -0.15) is 0 Å². The molecule has 0 aliphatic rings. The largest absolute Gasteiger partial charge is 0.423 e. The van der Waals surface area contributed by atoms with Crippen molar-refractivity contribution in [3.05, 3.63) is 64.1 Å². The molecule has 0 bridgehead atoms. The third kappa shape index (κ3) is 3.66. The number of carbonyl (C=O) groups is 1. The minimum absolute atomic E-state index is 0.420. The van der Waals surface area contributed by atoms with Gasteiger partial charge in [-0.3, -0.25) is 0 Å². The van der Waals surface area contributed by atoms with Crippen LogP contribution in [0.4, 0.5) is 0 Å². The van der Waals surface area contributed by atoms with Crippen molar-refractivity contribution >= 4 is 28.1 Å². The van der Waals surface area contributed by atoms with Crippen LogP contribution >= 0.6 is 15.9 Å². The van der Waals surface area contributed by atoms with Crippen LogP contribution in [0.25, 0.3) is 0 Å². The van der Waals surface area contributed by atoms with E-state index in [1.165, 1.54) is 6.21 Å². The molecule has 96 valence electrons. The van der Waals surface area contributed by atoms with Crippen molar-refractivity contribution in [2.75, 3.05) is 0 Å². The number of oxime groups is 1. The standard InChI is InChI=1S/C14H10BrNO3/c15-12-5-3-11(4-6-12)14(17)19-13-7-1-10(2-8-13)9-16-18/h1-9,18H/b16-9-. The molecule has 0 atom stereocenters. The average molecular weight is 320 g/mol. The average Bonchev–Trinajstić information content (AvgIpc) is 2.42. The summed E-state index contributed by atoms with van der Waals surface area (Å²) in [5.74, 6) is 0.0130. The van der Waals surface area contributed by atoms with E-state index in [1.54, 1.807) is 48.5 Å². The van der Waals surface area contributed by atoms with Gasteiger partial charge in [-0.15, -0.1) is 0 Å². The first-order valence-corrected chi connectivity index (χ1v) is 6.23. The van der Waals surface area contributed by atoms with Crippen LogP contribution in [0.15, 0.2) is 58.2 Å². The fourth-order valence-corrected chi connectivity index (χ4v) is 1.70.